The Kier molecular flexibility index (Phi) is 9.21. The molecule has 42 heavy (non-hydrogen) atoms. The first kappa shape index (κ1) is 30.1. The number of hydrogen-bond acceptors (Lipinski definition) is 5. The average molecular weight is 577 g/mol. The maximum absolute atomic E-state index is 13.5. The van der Waals surface area contributed by atoms with E-state index in [9.17, 15) is 13.6 Å². The molecule has 2 aliphatic rings. The van der Waals surface area contributed by atoms with Gasteiger partial charge in [0.25, 0.3) is 5.91 Å². The molecule has 0 atom stereocenters. The largest absolute Gasteiger partial charge is 0.490 e. The number of carbonyl (C=O) groups excluding carboxylic acids is 1. The Labute approximate surface area is 248 Å². The van der Waals surface area contributed by atoms with E-state index in [1.165, 1.54) is 23.5 Å². The van der Waals surface area contributed by atoms with Gasteiger partial charge >= 0.3 is 0 Å². The third kappa shape index (κ3) is 7.14. The number of halogens is 2. The summed E-state index contributed by atoms with van der Waals surface area (Å²) >= 11 is 0. The third-order valence-electron chi connectivity index (χ3n) is 8.80. The van der Waals surface area contributed by atoms with Crippen LogP contribution in [0.1, 0.15) is 79.3 Å². The van der Waals surface area contributed by atoms with Crippen molar-refractivity contribution in [2.45, 2.75) is 83.8 Å². The zero-order chi connectivity index (χ0) is 29.9. The number of benzene rings is 2. The molecule has 2 aliphatic heterocycles. The molecule has 0 spiro atoms. The molecule has 1 aromatic heterocycles. The quantitative estimate of drug-likeness (QED) is 0.331. The number of hydrogen-bond donors (Lipinski definition) is 0. The second-order valence-electron chi connectivity index (χ2n) is 12.7. The van der Waals surface area contributed by atoms with Crippen molar-refractivity contribution >= 4 is 5.91 Å². The fourth-order valence-electron chi connectivity index (χ4n) is 6.07. The molecular weight excluding hydrogens is 534 g/mol. The number of piperidine rings is 2. The Hall–Kier alpha value is -3.39. The van der Waals surface area contributed by atoms with Gasteiger partial charge in [0.15, 0.2) is 11.6 Å². The molecular formula is C34H42F2N4O2. The van der Waals surface area contributed by atoms with E-state index in [-0.39, 0.29) is 17.4 Å². The molecule has 6 nitrogen and oxygen atoms in total. The van der Waals surface area contributed by atoms with E-state index in [0.717, 1.165) is 75.0 Å². The summed E-state index contributed by atoms with van der Waals surface area (Å²) in [7, 11) is 0. The number of aryl methyl sites for hydroxylation is 2. The number of likely N-dealkylation sites (tertiary alicyclic amines) is 2. The summed E-state index contributed by atoms with van der Waals surface area (Å²) in [6, 6.07) is 12.9. The second-order valence-corrected chi connectivity index (χ2v) is 12.7. The van der Waals surface area contributed by atoms with Crippen LogP contribution in [0.3, 0.4) is 0 Å². The molecule has 2 fully saturated rings. The standard InChI is InChI=1S/C34H42F2N4O2/c1-23-31(12-7-24-5-8-25(9-6-24)34(2,3)4)37-22-38-32(23)33(41)40-17-13-26(14-18-40)39-19-15-27(16-20-39)42-28-10-11-29(35)30(36)21-28/h5-6,8-11,21-22,26-27H,7,12-20H2,1-4H3. The van der Waals surface area contributed by atoms with Gasteiger partial charge in [-0.3, -0.25) is 9.69 Å². The van der Waals surface area contributed by atoms with Gasteiger partial charge in [0.05, 0.1) is 0 Å². The van der Waals surface area contributed by atoms with Gasteiger partial charge in [0, 0.05) is 49.5 Å². The van der Waals surface area contributed by atoms with E-state index in [4.69, 9.17) is 4.74 Å². The summed E-state index contributed by atoms with van der Waals surface area (Å²) in [6.45, 7) is 11.8. The van der Waals surface area contributed by atoms with Crippen LogP contribution < -0.4 is 4.74 Å². The van der Waals surface area contributed by atoms with Crippen molar-refractivity contribution in [3.8, 4) is 5.75 Å². The first-order chi connectivity index (χ1) is 20.1. The number of nitrogens with zero attached hydrogens (tertiary/aromatic N) is 4. The lowest BCUT2D eigenvalue weighted by Gasteiger charge is -2.41. The second kappa shape index (κ2) is 12.9. The molecule has 0 aliphatic carbocycles. The van der Waals surface area contributed by atoms with Crippen molar-refractivity contribution in [1.29, 1.82) is 0 Å². The summed E-state index contributed by atoms with van der Waals surface area (Å²) in [5.74, 6) is -1.39. The molecule has 3 heterocycles. The van der Waals surface area contributed by atoms with Crippen LogP contribution in [-0.2, 0) is 18.3 Å². The van der Waals surface area contributed by atoms with Crippen LogP contribution in [0.2, 0.25) is 0 Å². The lowest BCUT2D eigenvalue weighted by molar-refractivity contribution is 0.0421. The van der Waals surface area contributed by atoms with Crippen molar-refractivity contribution in [3.05, 3.63) is 88.5 Å². The zero-order valence-corrected chi connectivity index (χ0v) is 25.2. The average Bonchev–Trinajstić information content (AvgIpc) is 2.98. The van der Waals surface area contributed by atoms with Gasteiger partial charge in [-0.05, 0) is 74.1 Å². The van der Waals surface area contributed by atoms with Gasteiger partial charge < -0.3 is 9.64 Å². The number of ether oxygens (including phenoxy) is 1. The Morgan fingerprint density at radius 1 is 0.905 bits per heavy atom. The molecule has 2 aromatic carbocycles. The van der Waals surface area contributed by atoms with E-state index >= 15 is 0 Å². The normalized spacial score (nSPS) is 17.4. The molecule has 2 saturated heterocycles. The predicted molar refractivity (Wildman–Crippen MR) is 160 cm³/mol. The molecule has 0 saturated carbocycles. The van der Waals surface area contributed by atoms with E-state index < -0.39 is 11.6 Å². The van der Waals surface area contributed by atoms with Crippen LogP contribution in [0.5, 0.6) is 5.75 Å². The molecule has 8 heteroatoms. The summed E-state index contributed by atoms with van der Waals surface area (Å²) in [5, 5.41) is 0. The van der Waals surface area contributed by atoms with Crippen molar-refractivity contribution in [2.24, 2.45) is 0 Å². The first-order valence-electron chi connectivity index (χ1n) is 15.1. The van der Waals surface area contributed by atoms with Crippen LogP contribution in [0.4, 0.5) is 8.78 Å². The minimum absolute atomic E-state index is 0.00874. The highest BCUT2D eigenvalue weighted by Crippen LogP contribution is 2.26. The Morgan fingerprint density at radius 3 is 2.24 bits per heavy atom. The van der Waals surface area contributed by atoms with E-state index in [1.807, 2.05) is 11.8 Å². The molecule has 3 aromatic rings. The van der Waals surface area contributed by atoms with Gasteiger partial charge in [-0.1, -0.05) is 45.0 Å². The third-order valence-corrected chi connectivity index (χ3v) is 8.80. The fourth-order valence-corrected chi connectivity index (χ4v) is 6.07. The smallest absolute Gasteiger partial charge is 0.272 e. The number of rotatable bonds is 7. The Morgan fingerprint density at radius 2 is 1.60 bits per heavy atom. The molecule has 0 radical (unpaired) electrons. The van der Waals surface area contributed by atoms with Crippen molar-refractivity contribution in [2.75, 3.05) is 26.2 Å². The minimum Gasteiger partial charge on any atom is -0.490 e. The highest BCUT2D eigenvalue weighted by Gasteiger charge is 2.31. The maximum atomic E-state index is 13.5. The fraction of sp³-hybridized carbons (Fsp3) is 0.500. The highest BCUT2D eigenvalue weighted by atomic mass is 19.2. The van der Waals surface area contributed by atoms with E-state index in [1.54, 1.807) is 0 Å². The summed E-state index contributed by atoms with van der Waals surface area (Å²) in [4.78, 5) is 26.8. The number of amides is 1. The van der Waals surface area contributed by atoms with Crippen molar-refractivity contribution < 1.29 is 18.3 Å². The maximum Gasteiger partial charge on any atom is 0.272 e. The Bertz CT molecular complexity index is 1370. The van der Waals surface area contributed by atoms with Crippen LogP contribution >= 0.6 is 0 Å². The monoisotopic (exact) mass is 576 g/mol. The van der Waals surface area contributed by atoms with Crippen LogP contribution in [0.25, 0.3) is 0 Å². The number of aromatic nitrogens is 2. The SMILES string of the molecule is Cc1c(CCc2ccc(C(C)(C)C)cc2)ncnc1C(=O)N1CCC(N2CCC(Oc3ccc(F)c(F)c3)CC2)CC1. The lowest BCUT2D eigenvalue weighted by atomic mass is 9.86. The topological polar surface area (TPSA) is 58.6 Å². The van der Waals surface area contributed by atoms with Crippen molar-refractivity contribution in [1.82, 2.24) is 19.8 Å². The van der Waals surface area contributed by atoms with Gasteiger partial charge in [-0.25, -0.2) is 18.7 Å². The van der Waals surface area contributed by atoms with Crippen LogP contribution in [0, 0.1) is 18.6 Å². The summed E-state index contributed by atoms with van der Waals surface area (Å²) in [6.07, 6.45) is 6.65. The lowest BCUT2D eigenvalue weighted by Crippen LogP contribution is -2.50. The molecule has 1 amide bonds. The van der Waals surface area contributed by atoms with E-state index in [2.05, 4.69) is 59.9 Å². The highest BCUT2D eigenvalue weighted by molar-refractivity contribution is 5.93. The molecule has 224 valence electrons. The van der Waals surface area contributed by atoms with Crippen LogP contribution in [0.15, 0.2) is 48.8 Å². The van der Waals surface area contributed by atoms with Gasteiger partial charge in [0.1, 0.15) is 23.9 Å². The molecule has 0 N–H and O–H groups in total. The summed E-state index contributed by atoms with van der Waals surface area (Å²) in [5.41, 5.74) is 5.02. The minimum atomic E-state index is -0.887. The van der Waals surface area contributed by atoms with Crippen molar-refractivity contribution in [3.63, 3.8) is 0 Å². The first-order valence-corrected chi connectivity index (χ1v) is 15.1. The van der Waals surface area contributed by atoms with Gasteiger partial charge in [-0.15, -0.1) is 0 Å². The predicted octanol–water partition coefficient (Wildman–Crippen LogP) is 6.29. The Balaban J connectivity index is 1.10. The number of carbonyl (C=O) groups is 1. The molecule has 5 rings (SSSR count). The molecule has 0 bridgehead atoms. The summed E-state index contributed by atoms with van der Waals surface area (Å²) < 4.78 is 32.6. The van der Waals surface area contributed by atoms with Gasteiger partial charge in [-0.2, -0.15) is 0 Å². The van der Waals surface area contributed by atoms with E-state index in [0.29, 0.717) is 30.6 Å². The van der Waals surface area contributed by atoms with Gasteiger partial charge in [0.2, 0.25) is 0 Å². The van der Waals surface area contributed by atoms with Crippen LogP contribution in [-0.4, -0.2) is 64.0 Å². The zero-order valence-electron chi connectivity index (χ0n) is 25.2. The molecule has 0 unspecified atom stereocenters.